The van der Waals surface area contributed by atoms with Crippen LogP contribution in [0.5, 0.6) is 0 Å². The molecule has 2 heterocycles. The van der Waals surface area contributed by atoms with Gasteiger partial charge in [-0.15, -0.1) is 0 Å². The lowest BCUT2D eigenvalue weighted by atomic mass is 10.4. The number of hydrogen-bond acceptors (Lipinski definition) is 3. The van der Waals surface area contributed by atoms with E-state index in [9.17, 15) is 0 Å². The van der Waals surface area contributed by atoms with Crippen LogP contribution in [0.4, 0.5) is 0 Å². The molecule has 0 radical (unpaired) electrons. The smallest absolute Gasteiger partial charge is 0.229 e. The summed E-state index contributed by atoms with van der Waals surface area (Å²) >= 11 is 0. The van der Waals surface area contributed by atoms with Crippen molar-refractivity contribution in [1.29, 1.82) is 5.41 Å². The van der Waals surface area contributed by atoms with Crippen LogP contribution in [0, 0.1) is 12.3 Å². The summed E-state index contributed by atoms with van der Waals surface area (Å²) in [7, 11) is 0. The summed E-state index contributed by atoms with van der Waals surface area (Å²) in [4.78, 5) is 3.94. The molecule has 0 bridgehead atoms. The fourth-order valence-corrected chi connectivity index (χ4v) is 1.00. The van der Waals surface area contributed by atoms with E-state index in [4.69, 9.17) is 9.83 Å². The molecule has 0 aliphatic heterocycles. The zero-order chi connectivity index (χ0) is 7.84. The fourth-order valence-electron chi connectivity index (χ4n) is 1.00. The second-order valence-electron chi connectivity index (χ2n) is 2.33. The van der Waals surface area contributed by atoms with E-state index in [-0.39, 0.29) is 5.62 Å². The Morgan fingerprint density at radius 1 is 1.64 bits per heavy atom. The second kappa shape index (κ2) is 1.95. The maximum atomic E-state index is 7.41. The van der Waals surface area contributed by atoms with Crippen LogP contribution in [0.2, 0.25) is 0 Å². The first-order valence-electron chi connectivity index (χ1n) is 3.25. The van der Waals surface area contributed by atoms with Gasteiger partial charge in [0.05, 0.1) is 6.20 Å². The molecule has 1 N–H and O–H groups in total. The third-order valence-electron chi connectivity index (χ3n) is 1.48. The molecular formula is C7H7N3O. The molecule has 0 fully saturated rings. The van der Waals surface area contributed by atoms with E-state index in [0.29, 0.717) is 5.71 Å². The van der Waals surface area contributed by atoms with Crippen molar-refractivity contribution >= 4 is 5.71 Å². The molecule has 0 unspecified atom stereocenters. The Labute approximate surface area is 62.6 Å². The highest BCUT2D eigenvalue weighted by molar-refractivity contribution is 5.33. The minimum Gasteiger partial charge on any atom is -0.446 e. The minimum absolute atomic E-state index is 0.203. The third-order valence-corrected chi connectivity index (χ3v) is 1.48. The largest absolute Gasteiger partial charge is 0.446 e. The van der Waals surface area contributed by atoms with Gasteiger partial charge in [0, 0.05) is 11.8 Å². The van der Waals surface area contributed by atoms with Crippen LogP contribution >= 0.6 is 0 Å². The highest BCUT2D eigenvalue weighted by atomic mass is 16.3. The van der Waals surface area contributed by atoms with Crippen molar-refractivity contribution < 1.29 is 4.42 Å². The molecule has 56 valence electrons. The lowest BCUT2D eigenvalue weighted by Gasteiger charge is -1.92. The molecule has 4 heteroatoms. The molecule has 0 aliphatic rings. The summed E-state index contributed by atoms with van der Waals surface area (Å²) in [5.74, 6) is 0. The summed E-state index contributed by atoms with van der Waals surface area (Å²) in [6.07, 6.45) is 3.21. The Morgan fingerprint density at radius 2 is 2.45 bits per heavy atom. The number of rotatable bonds is 0. The van der Waals surface area contributed by atoms with Gasteiger partial charge in [0.25, 0.3) is 0 Å². The van der Waals surface area contributed by atoms with E-state index in [1.54, 1.807) is 16.7 Å². The second-order valence-corrected chi connectivity index (χ2v) is 2.33. The Bertz CT molecular complexity index is 440. The Hall–Kier alpha value is -1.58. The predicted octanol–water partition coefficient (Wildman–Crippen LogP) is 0.715. The molecule has 2 rings (SSSR count). The zero-order valence-corrected chi connectivity index (χ0v) is 6.03. The van der Waals surface area contributed by atoms with Gasteiger partial charge in [-0.3, -0.25) is 9.81 Å². The first-order valence-corrected chi connectivity index (χ1v) is 3.25. The molecule has 0 saturated heterocycles. The standard InChI is InChI=1S/C7H7N3O/c1-5-4-6-10(2-3-11-6)7(8)9-5/h2-4,8H,1H3. The van der Waals surface area contributed by atoms with Crippen molar-refractivity contribution in [3.05, 3.63) is 29.8 Å². The number of fused-ring (bicyclic) bond motifs is 1. The SMILES string of the molecule is Cc1cc2occn2c(=N)n1. The molecule has 0 aliphatic carbocycles. The molecule has 0 spiro atoms. The van der Waals surface area contributed by atoms with Gasteiger partial charge < -0.3 is 4.42 Å². The number of aryl methyl sites for hydroxylation is 1. The summed E-state index contributed by atoms with van der Waals surface area (Å²) < 4.78 is 6.66. The van der Waals surface area contributed by atoms with Gasteiger partial charge in [-0.05, 0) is 6.92 Å². The van der Waals surface area contributed by atoms with E-state index in [2.05, 4.69) is 4.98 Å². The number of nitrogens with zero attached hydrogens (tertiary/aromatic N) is 2. The number of aromatic nitrogens is 2. The topological polar surface area (TPSA) is 54.3 Å². The van der Waals surface area contributed by atoms with Crippen LogP contribution in [0.3, 0.4) is 0 Å². The van der Waals surface area contributed by atoms with Crippen molar-refractivity contribution in [2.45, 2.75) is 6.92 Å². The van der Waals surface area contributed by atoms with Gasteiger partial charge in [-0.2, -0.15) is 0 Å². The number of nitrogens with one attached hydrogen (secondary N) is 1. The first-order chi connectivity index (χ1) is 5.27. The van der Waals surface area contributed by atoms with Crippen molar-refractivity contribution in [3.63, 3.8) is 0 Å². The molecule has 0 aromatic carbocycles. The molecule has 0 saturated carbocycles. The van der Waals surface area contributed by atoms with E-state index in [1.807, 2.05) is 6.92 Å². The Balaban J connectivity index is 3.02. The van der Waals surface area contributed by atoms with E-state index >= 15 is 0 Å². The predicted molar refractivity (Wildman–Crippen MR) is 38.0 cm³/mol. The zero-order valence-electron chi connectivity index (χ0n) is 6.03. The summed E-state index contributed by atoms with van der Waals surface area (Å²) in [6.45, 7) is 1.83. The highest BCUT2D eigenvalue weighted by Crippen LogP contribution is 2.00. The lowest BCUT2D eigenvalue weighted by Crippen LogP contribution is -2.15. The van der Waals surface area contributed by atoms with Gasteiger partial charge >= 0.3 is 0 Å². The molecular weight excluding hydrogens is 142 g/mol. The van der Waals surface area contributed by atoms with Crippen LogP contribution in [0.25, 0.3) is 5.71 Å². The van der Waals surface area contributed by atoms with Gasteiger partial charge in [-0.1, -0.05) is 0 Å². The minimum atomic E-state index is 0.203. The summed E-state index contributed by atoms with van der Waals surface area (Å²) in [5.41, 5.74) is 1.65. The highest BCUT2D eigenvalue weighted by Gasteiger charge is 1.96. The monoisotopic (exact) mass is 149 g/mol. The van der Waals surface area contributed by atoms with Crippen LogP contribution in [-0.2, 0) is 0 Å². The maximum Gasteiger partial charge on any atom is 0.229 e. The van der Waals surface area contributed by atoms with Gasteiger partial charge in [0.2, 0.25) is 11.3 Å². The fraction of sp³-hybridized carbons (Fsp3) is 0.143. The van der Waals surface area contributed by atoms with E-state index < -0.39 is 0 Å². The maximum absolute atomic E-state index is 7.41. The Morgan fingerprint density at radius 3 is 3.27 bits per heavy atom. The van der Waals surface area contributed by atoms with Gasteiger partial charge in [0.1, 0.15) is 6.26 Å². The summed E-state index contributed by atoms with van der Waals surface area (Å²) in [6, 6.07) is 1.79. The van der Waals surface area contributed by atoms with Crippen molar-refractivity contribution in [2.24, 2.45) is 0 Å². The average Bonchev–Trinajstić information content (AvgIpc) is 2.34. The van der Waals surface area contributed by atoms with Crippen molar-refractivity contribution in [2.75, 3.05) is 0 Å². The number of oxazole rings is 1. The van der Waals surface area contributed by atoms with Crippen LogP contribution in [0.1, 0.15) is 5.69 Å². The molecule has 0 amide bonds. The average molecular weight is 149 g/mol. The molecule has 0 atom stereocenters. The third kappa shape index (κ3) is 0.832. The van der Waals surface area contributed by atoms with E-state index in [1.165, 1.54) is 6.26 Å². The molecule has 11 heavy (non-hydrogen) atoms. The quantitative estimate of drug-likeness (QED) is 0.599. The van der Waals surface area contributed by atoms with E-state index in [0.717, 1.165) is 5.69 Å². The lowest BCUT2D eigenvalue weighted by molar-refractivity contribution is 0.602. The van der Waals surface area contributed by atoms with Crippen LogP contribution in [-0.4, -0.2) is 9.38 Å². The van der Waals surface area contributed by atoms with Crippen LogP contribution < -0.4 is 5.62 Å². The van der Waals surface area contributed by atoms with Crippen molar-refractivity contribution in [1.82, 2.24) is 9.38 Å². The normalized spacial score (nSPS) is 10.6. The van der Waals surface area contributed by atoms with Gasteiger partial charge in [0.15, 0.2) is 0 Å². The van der Waals surface area contributed by atoms with Crippen LogP contribution in [0.15, 0.2) is 22.9 Å². The van der Waals surface area contributed by atoms with Gasteiger partial charge in [-0.25, -0.2) is 4.98 Å². The first kappa shape index (κ1) is 6.15. The molecule has 2 aromatic rings. The number of hydrogen-bond donors (Lipinski definition) is 1. The molecule has 2 aromatic heterocycles. The molecule has 4 nitrogen and oxygen atoms in total. The van der Waals surface area contributed by atoms with Crippen molar-refractivity contribution in [3.8, 4) is 0 Å². The summed E-state index contributed by atoms with van der Waals surface area (Å²) in [5, 5.41) is 7.41. The Kier molecular flexibility index (Phi) is 1.09.